The van der Waals surface area contributed by atoms with E-state index in [1.165, 1.54) is 13.3 Å². The third kappa shape index (κ3) is 3.37. The number of aryl methyl sites for hydroxylation is 1. The summed E-state index contributed by atoms with van der Waals surface area (Å²) in [5.41, 5.74) is 5.10. The molecule has 0 unspecified atom stereocenters. The van der Waals surface area contributed by atoms with Crippen LogP contribution in [0.15, 0.2) is 59.9 Å². The summed E-state index contributed by atoms with van der Waals surface area (Å²) >= 11 is 0. The fourth-order valence-corrected chi connectivity index (χ4v) is 6.39. The number of carbonyl (C=O) groups excluding carboxylic acids is 1. The summed E-state index contributed by atoms with van der Waals surface area (Å²) in [5, 5.41) is 0.941. The fraction of sp³-hybridized carbons (Fsp3) is 0.259. The number of amides is 1. The highest BCUT2D eigenvalue weighted by molar-refractivity contribution is 7.90. The third-order valence-electron chi connectivity index (χ3n) is 7.19. The molecule has 1 fully saturated rings. The Morgan fingerprint density at radius 1 is 1.00 bits per heavy atom. The maximum Gasteiger partial charge on any atom is 0.237 e. The minimum atomic E-state index is -3.66. The second kappa shape index (κ2) is 7.83. The van der Waals surface area contributed by atoms with Crippen LogP contribution in [0.1, 0.15) is 29.7 Å². The summed E-state index contributed by atoms with van der Waals surface area (Å²) in [4.78, 5) is 27.9. The summed E-state index contributed by atoms with van der Waals surface area (Å²) < 4.78 is 31.6. The number of hydrogen-bond acceptors (Lipinski definition) is 7. The van der Waals surface area contributed by atoms with Crippen molar-refractivity contribution in [2.75, 3.05) is 19.1 Å². The van der Waals surface area contributed by atoms with E-state index in [1.807, 2.05) is 18.2 Å². The monoisotopic (exact) mass is 500 g/mol. The molecule has 0 saturated heterocycles. The highest BCUT2D eigenvalue weighted by Crippen LogP contribution is 2.58. The SMILES string of the molecule is COc1ncc(-c2ccc3ncc4c(c3c2)C2(CC2)C(=O)N4C)cc1CS(=O)(=O)c1ccc(C)nc1. The number of likely N-dealkylation sites (N-methyl/N-ethyl adjacent to an activating group) is 1. The normalized spacial score (nSPS) is 16.0. The first-order chi connectivity index (χ1) is 17.2. The first-order valence-electron chi connectivity index (χ1n) is 11.6. The van der Waals surface area contributed by atoms with Crippen LogP contribution in [0.4, 0.5) is 5.69 Å². The molecular weight excluding hydrogens is 476 g/mol. The molecule has 1 amide bonds. The van der Waals surface area contributed by atoms with Crippen LogP contribution in [0.5, 0.6) is 5.88 Å². The predicted molar refractivity (Wildman–Crippen MR) is 136 cm³/mol. The number of ether oxygens (including phenoxy) is 1. The zero-order chi connectivity index (χ0) is 25.2. The Hall–Kier alpha value is -3.85. The molecule has 1 saturated carbocycles. The van der Waals surface area contributed by atoms with Crippen molar-refractivity contribution >= 4 is 32.3 Å². The lowest BCUT2D eigenvalue weighted by Crippen LogP contribution is -2.28. The van der Waals surface area contributed by atoms with Crippen molar-refractivity contribution in [1.82, 2.24) is 15.0 Å². The van der Waals surface area contributed by atoms with Crippen LogP contribution in [-0.2, 0) is 25.8 Å². The van der Waals surface area contributed by atoms with Gasteiger partial charge in [0.2, 0.25) is 11.8 Å². The number of fused-ring (bicyclic) bond motifs is 4. The van der Waals surface area contributed by atoms with Gasteiger partial charge in [0.15, 0.2) is 9.84 Å². The molecule has 4 aromatic rings. The maximum atomic E-state index is 13.1. The average molecular weight is 501 g/mol. The van der Waals surface area contributed by atoms with Gasteiger partial charge in [-0.05, 0) is 55.7 Å². The van der Waals surface area contributed by atoms with Crippen molar-refractivity contribution < 1.29 is 17.9 Å². The van der Waals surface area contributed by atoms with Crippen LogP contribution in [0.25, 0.3) is 22.0 Å². The second-order valence-corrected chi connectivity index (χ2v) is 11.5. The van der Waals surface area contributed by atoms with Crippen molar-refractivity contribution in [1.29, 1.82) is 0 Å². The van der Waals surface area contributed by atoms with Gasteiger partial charge in [-0.2, -0.15) is 0 Å². The van der Waals surface area contributed by atoms with E-state index in [4.69, 9.17) is 4.74 Å². The van der Waals surface area contributed by atoms with Crippen LogP contribution < -0.4 is 9.64 Å². The van der Waals surface area contributed by atoms with E-state index in [0.717, 1.165) is 51.8 Å². The predicted octanol–water partition coefficient (Wildman–Crippen LogP) is 3.99. The van der Waals surface area contributed by atoms with Gasteiger partial charge in [-0.25, -0.2) is 13.4 Å². The number of sulfone groups is 1. The van der Waals surface area contributed by atoms with Gasteiger partial charge < -0.3 is 9.64 Å². The minimum Gasteiger partial charge on any atom is -0.481 e. The Balaban J connectivity index is 1.44. The number of aromatic nitrogens is 3. The molecule has 0 radical (unpaired) electrons. The lowest BCUT2D eigenvalue weighted by molar-refractivity contribution is -0.119. The van der Waals surface area contributed by atoms with E-state index in [-0.39, 0.29) is 22.4 Å². The number of anilines is 1. The van der Waals surface area contributed by atoms with Gasteiger partial charge in [0, 0.05) is 47.2 Å². The number of nitrogens with zero attached hydrogens (tertiary/aromatic N) is 4. The van der Waals surface area contributed by atoms with Crippen LogP contribution in [0.2, 0.25) is 0 Å². The molecule has 9 heteroatoms. The van der Waals surface area contributed by atoms with Gasteiger partial charge in [0.25, 0.3) is 0 Å². The van der Waals surface area contributed by atoms with Crippen LogP contribution in [0.3, 0.4) is 0 Å². The molecule has 1 spiro atoms. The Morgan fingerprint density at radius 2 is 1.81 bits per heavy atom. The smallest absolute Gasteiger partial charge is 0.237 e. The molecule has 6 rings (SSSR count). The van der Waals surface area contributed by atoms with E-state index in [0.29, 0.717) is 5.56 Å². The Morgan fingerprint density at radius 3 is 2.50 bits per heavy atom. The van der Waals surface area contributed by atoms with Gasteiger partial charge >= 0.3 is 0 Å². The van der Waals surface area contributed by atoms with Crippen molar-refractivity contribution in [3.63, 3.8) is 0 Å². The molecule has 3 aromatic heterocycles. The van der Waals surface area contributed by atoms with Gasteiger partial charge in [0.05, 0.1) is 40.6 Å². The number of carbonyl (C=O) groups is 1. The molecule has 2 aliphatic rings. The fourth-order valence-electron chi connectivity index (χ4n) is 5.11. The summed E-state index contributed by atoms with van der Waals surface area (Å²) in [5.74, 6) is 0.116. The molecule has 1 aromatic carbocycles. The summed E-state index contributed by atoms with van der Waals surface area (Å²) in [6, 6.07) is 10.9. The van der Waals surface area contributed by atoms with E-state index < -0.39 is 15.3 Å². The maximum absolute atomic E-state index is 13.1. The van der Waals surface area contributed by atoms with Gasteiger partial charge in [-0.3, -0.25) is 14.8 Å². The first-order valence-corrected chi connectivity index (χ1v) is 13.3. The van der Waals surface area contributed by atoms with E-state index in [2.05, 4.69) is 15.0 Å². The van der Waals surface area contributed by atoms with E-state index >= 15 is 0 Å². The van der Waals surface area contributed by atoms with Crippen molar-refractivity contribution in [2.45, 2.75) is 35.8 Å². The first kappa shape index (κ1) is 22.6. The topological polar surface area (TPSA) is 102 Å². The van der Waals surface area contributed by atoms with Gasteiger partial charge in [0.1, 0.15) is 0 Å². The van der Waals surface area contributed by atoms with Gasteiger partial charge in [-0.15, -0.1) is 0 Å². The summed E-state index contributed by atoms with van der Waals surface area (Å²) in [7, 11) is -0.387. The summed E-state index contributed by atoms with van der Waals surface area (Å²) in [6.07, 6.45) is 6.50. The molecule has 1 aliphatic carbocycles. The van der Waals surface area contributed by atoms with E-state index in [1.54, 1.807) is 49.5 Å². The number of pyridine rings is 3. The molecule has 4 heterocycles. The number of methoxy groups -OCH3 is 1. The lowest BCUT2D eigenvalue weighted by atomic mass is 9.92. The number of benzene rings is 1. The standard InChI is InChI=1S/C27H24N4O4S/c1-16-4-6-20(13-28-16)36(33,34)15-19-10-18(12-30-25(19)35-3)17-5-7-22-21(11-17)24-23(14-29-22)31(2)26(32)27(24)8-9-27/h4-7,10-14H,8-9,15H2,1-3H3. The minimum absolute atomic E-state index is 0.126. The van der Waals surface area contributed by atoms with Crippen molar-refractivity contribution in [3.8, 4) is 17.0 Å². The van der Waals surface area contributed by atoms with Crippen LogP contribution in [0, 0.1) is 6.92 Å². The highest BCUT2D eigenvalue weighted by Gasteiger charge is 2.59. The zero-order valence-electron chi connectivity index (χ0n) is 20.1. The van der Waals surface area contributed by atoms with Crippen molar-refractivity contribution in [2.24, 2.45) is 0 Å². The molecule has 36 heavy (non-hydrogen) atoms. The van der Waals surface area contributed by atoms with E-state index in [9.17, 15) is 13.2 Å². The lowest BCUT2D eigenvalue weighted by Gasteiger charge is -2.13. The molecule has 0 atom stereocenters. The van der Waals surface area contributed by atoms with Crippen LogP contribution >= 0.6 is 0 Å². The van der Waals surface area contributed by atoms with Crippen LogP contribution in [-0.4, -0.2) is 43.4 Å². The van der Waals surface area contributed by atoms with Crippen molar-refractivity contribution in [3.05, 3.63) is 71.8 Å². The molecular formula is C27H24N4O4S. The molecule has 8 nitrogen and oxygen atoms in total. The molecule has 182 valence electrons. The molecule has 1 aliphatic heterocycles. The zero-order valence-corrected chi connectivity index (χ0v) is 21.0. The summed E-state index contributed by atoms with van der Waals surface area (Å²) in [6.45, 7) is 1.81. The number of rotatable bonds is 5. The quantitative estimate of drug-likeness (QED) is 0.408. The third-order valence-corrected chi connectivity index (χ3v) is 8.84. The Kier molecular flexibility index (Phi) is 4.91. The molecule has 0 N–H and O–H groups in total. The number of hydrogen-bond donors (Lipinski definition) is 0. The highest BCUT2D eigenvalue weighted by atomic mass is 32.2. The molecule has 0 bridgehead atoms. The Labute approximate surface area is 208 Å². The largest absolute Gasteiger partial charge is 0.481 e. The van der Waals surface area contributed by atoms with Gasteiger partial charge in [-0.1, -0.05) is 6.07 Å². The second-order valence-electron chi connectivity index (χ2n) is 9.48. The Bertz CT molecular complexity index is 1660. The average Bonchev–Trinajstić information content (AvgIpc) is 3.65.